The van der Waals surface area contributed by atoms with Crippen molar-refractivity contribution in [1.29, 1.82) is 0 Å². The number of methoxy groups -OCH3 is 2. The molecule has 1 atom stereocenters. The predicted molar refractivity (Wildman–Crippen MR) is 74.1 cm³/mol. The van der Waals surface area contributed by atoms with Crippen LogP contribution in [-0.2, 0) is 11.3 Å². The SMILES string of the molecule is COc1ccc(CNC(=O)NC2CCOC2)cc1OC. The Bertz CT molecular complexity index is 458. The number of urea groups is 1. The maximum Gasteiger partial charge on any atom is 0.315 e. The fourth-order valence-electron chi connectivity index (χ4n) is 2.06. The van der Waals surface area contributed by atoms with Gasteiger partial charge in [0.15, 0.2) is 11.5 Å². The smallest absolute Gasteiger partial charge is 0.315 e. The lowest BCUT2D eigenvalue weighted by Gasteiger charge is -2.13. The van der Waals surface area contributed by atoms with Crippen molar-refractivity contribution >= 4 is 6.03 Å². The second-order valence-electron chi connectivity index (χ2n) is 4.58. The largest absolute Gasteiger partial charge is 0.493 e. The van der Waals surface area contributed by atoms with Crippen LogP contribution in [0.1, 0.15) is 12.0 Å². The first kappa shape index (κ1) is 14.5. The van der Waals surface area contributed by atoms with Crippen LogP contribution in [0.5, 0.6) is 11.5 Å². The summed E-state index contributed by atoms with van der Waals surface area (Å²) in [6.45, 7) is 1.73. The molecule has 2 rings (SSSR count). The maximum absolute atomic E-state index is 11.7. The zero-order valence-corrected chi connectivity index (χ0v) is 11.8. The van der Waals surface area contributed by atoms with E-state index in [1.54, 1.807) is 14.2 Å². The van der Waals surface area contributed by atoms with Crippen molar-refractivity contribution in [2.75, 3.05) is 27.4 Å². The lowest BCUT2D eigenvalue weighted by atomic mass is 10.2. The number of carbonyl (C=O) groups is 1. The molecule has 1 unspecified atom stereocenters. The summed E-state index contributed by atoms with van der Waals surface area (Å²) in [4.78, 5) is 11.7. The molecule has 0 spiro atoms. The Labute approximate surface area is 118 Å². The van der Waals surface area contributed by atoms with Crippen LogP contribution < -0.4 is 20.1 Å². The number of ether oxygens (including phenoxy) is 3. The summed E-state index contributed by atoms with van der Waals surface area (Å²) in [5.74, 6) is 1.32. The van der Waals surface area contributed by atoms with Crippen LogP contribution in [0.4, 0.5) is 4.79 Å². The maximum atomic E-state index is 11.7. The standard InChI is InChI=1S/C14H20N2O4/c1-18-12-4-3-10(7-13(12)19-2)8-15-14(17)16-11-5-6-20-9-11/h3-4,7,11H,5-6,8-9H2,1-2H3,(H2,15,16,17). The van der Waals surface area contributed by atoms with Crippen molar-refractivity contribution in [2.45, 2.75) is 19.0 Å². The summed E-state index contributed by atoms with van der Waals surface area (Å²) in [6.07, 6.45) is 0.865. The van der Waals surface area contributed by atoms with E-state index in [1.807, 2.05) is 18.2 Å². The van der Waals surface area contributed by atoms with Crippen molar-refractivity contribution in [1.82, 2.24) is 10.6 Å². The molecule has 20 heavy (non-hydrogen) atoms. The van der Waals surface area contributed by atoms with Gasteiger partial charge in [-0.25, -0.2) is 4.79 Å². The molecule has 6 nitrogen and oxygen atoms in total. The van der Waals surface area contributed by atoms with Crippen LogP contribution in [-0.4, -0.2) is 39.5 Å². The van der Waals surface area contributed by atoms with E-state index in [9.17, 15) is 4.79 Å². The van der Waals surface area contributed by atoms with Gasteiger partial charge in [0.25, 0.3) is 0 Å². The second-order valence-corrected chi connectivity index (χ2v) is 4.58. The average Bonchev–Trinajstić information content (AvgIpc) is 2.97. The van der Waals surface area contributed by atoms with Gasteiger partial charge in [0.05, 0.1) is 26.9 Å². The summed E-state index contributed by atoms with van der Waals surface area (Å²) >= 11 is 0. The number of nitrogens with one attached hydrogen (secondary N) is 2. The summed E-state index contributed by atoms with van der Waals surface area (Å²) in [7, 11) is 3.18. The van der Waals surface area contributed by atoms with Crippen LogP contribution in [0.15, 0.2) is 18.2 Å². The highest BCUT2D eigenvalue weighted by Gasteiger charge is 2.17. The Morgan fingerprint density at radius 2 is 2.15 bits per heavy atom. The molecule has 1 aliphatic heterocycles. The van der Waals surface area contributed by atoms with Crippen LogP contribution >= 0.6 is 0 Å². The Hall–Kier alpha value is -1.95. The van der Waals surface area contributed by atoms with Gasteiger partial charge in [-0.3, -0.25) is 0 Å². The van der Waals surface area contributed by atoms with E-state index in [0.717, 1.165) is 12.0 Å². The Balaban J connectivity index is 1.85. The zero-order valence-electron chi connectivity index (χ0n) is 11.8. The third-order valence-corrected chi connectivity index (χ3v) is 3.17. The molecule has 6 heteroatoms. The Kier molecular flexibility index (Phi) is 5.06. The van der Waals surface area contributed by atoms with Crippen LogP contribution in [0, 0.1) is 0 Å². The van der Waals surface area contributed by atoms with Crippen LogP contribution in [0.2, 0.25) is 0 Å². The molecular weight excluding hydrogens is 260 g/mol. The molecule has 2 amide bonds. The first-order valence-corrected chi connectivity index (χ1v) is 6.56. The van der Waals surface area contributed by atoms with Gasteiger partial charge in [0.1, 0.15) is 0 Å². The second kappa shape index (κ2) is 7.00. The molecule has 1 saturated heterocycles. The lowest BCUT2D eigenvalue weighted by molar-refractivity contribution is 0.188. The zero-order chi connectivity index (χ0) is 14.4. The highest BCUT2D eigenvalue weighted by molar-refractivity contribution is 5.74. The minimum absolute atomic E-state index is 0.111. The van der Waals surface area contributed by atoms with Crippen molar-refractivity contribution in [3.05, 3.63) is 23.8 Å². The van der Waals surface area contributed by atoms with Crippen molar-refractivity contribution in [2.24, 2.45) is 0 Å². The highest BCUT2D eigenvalue weighted by Crippen LogP contribution is 2.27. The number of rotatable bonds is 5. The van der Waals surface area contributed by atoms with Crippen molar-refractivity contribution in [3.8, 4) is 11.5 Å². The average molecular weight is 280 g/mol. The van der Waals surface area contributed by atoms with Gasteiger partial charge in [-0.2, -0.15) is 0 Å². The van der Waals surface area contributed by atoms with E-state index in [2.05, 4.69) is 10.6 Å². The van der Waals surface area contributed by atoms with Gasteiger partial charge in [0.2, 0.25) is 0 Å². The van der Waals surface area contributed by atoms with E-state index >= 15 is 0 Å². The molecule has 1 aromatic carbocycles. The summed E-state index contributed by atoms with van der Waals surface area (Å²) in [5.41, 5.74) is 0.945. The van der Waals surface area contributed by atoms with Gasteiger partial charge >= 0.3 is 6.03 Å². The van der Waals surface area contributed by atoms with Crippen molar-refractivity contribution in [3.63, 3.8) is 0 Å². The number of carbonyl (C=O) groups excluding carboxylic acids is 1. The van der Waals surface area contributed by atoms with E-state index < -0.39 is 0 Å². The molecule has 110 valence electrons. The number of amides is 2. The summed E-state index contributed by atoms with van der Waals surface area (Å²) in [6, 6.07) is 5.48. The fraction of sp³-hybridized carbons (Fsp3) is 0.500. The molecular formula is C14H20N2O4. The third kappa shape index (κ3) is 3.77. The Morgan fingerprint density at radius 1 is 1.35 bits per heavy atom. The Morgan fingerprint density at radius 3 is 2.80 bits per heavy atom. The van der Waals surface area contributed by atoms with Crippen LogP contribution in [0.25, 0.3) is 0 Å². The van der Waals surface area contributed by atoms with E-state index in [0.29, 0.717) is 31.3 Å². The normalized spacial score (nSPS) is 17.6. The molecule has 0 saturated carbocycles. The summed E-state index contributed by atoms with van der Waals surface area (Å²) < 4.78 is 15.6. The first-order valence-electron chi connectivity index (χ1n) is 6.56. The molecule has 0 aliphatic carbocycles. The van der Waals surface area contributed by atoms with Gasteiger partial charge in [-0.05, 0) is 24.1 Å². The van der Waals surface area contributed by atoms with E-state index in [-0.39, 0.29) is 12.1 Å². The van der Waals surface area contributed by atoms with Crippen LogP contribution in [0.3, 0.4) is 0 Å². The van der Waals surface area contributed by atoms with E-state index in [4.69, 9.17) is 14.2 Å². The molecule has 2 N–H and O–H groups in total. The van der Waals surface area contributed by atoms with E-state index in [1.165, 1.54) is 0 Å². The van der Waals surface area contributed by atoms with Gasteiger partial charge in [-0.1, -0.05) is 6.07 Å². The minimum atomic E-state index is -0.185. The molecule has 1 fully saturated rings. The number of benzene rings is 1. The molecule has 1 aromatic rings. The molecule has 1 heterocycles. The fourth-order valence-corrected chi connectivity index (χ4v) is 2.06. The third-order valence-electron chi connectivity index (χ3n) is 3.17. The first-order chi connectivity index (χ1) is 9.72. The quantitative estimate of drug-likeness (QED) is 0.853. The van der Waals surface area contributed by atoms with Gasteiger partial charge in [-0.15, -0.1) is 0 Å². The number of hydrogen-bond acceptors (Lipinski definition) is 4. The highest BCUT2D eigenvalue weighted by atomic mass is 16.5. The topological polar surface area (TPSA) is 68.8 Å². The van der Waals surface area contributed by atoms with Gasteiger partial charge in [0, 0.05) is 13.2 Å². The molecule has 1 aliphatic rings. The molecule has 0 radical (unpaired) electrons. The van der Waals surface area contributed by atoms with Gasteiger partial charge < -0.3 is 24.8 Å². The number of hydrogen-bond donors (Lipinski definition) is 2. The molecule has 0 aromatic heterocycles. The minimum Gasteiger partial charge on any atom is -0.493 e. The summed E-state index contributed by atoms with van der Waals surface area (Å²) in [5, 5.41) is 5.68. The predicted octanol–water partition coefficient (Wildman–Crippen LogP) is 1.29. The monoisotopic (exact) mass is 280 g/mol. The molecule has 0 bridgehead atoms. The van der Waals surface area contributed by atoms with Crippen molar-refractivity contribution < 1.29 is 19.0 Å². The lowest BCUT2D eigenvalue weighted by Crippen LogP contribution is -2.42.